The lowest BCUT2D eigenvalue weighted by molar-refractivity contribution is -0.130. The fourth-order valence-electron chi connectivity index (χ4n) is 21.1. The van der Waals surface area contributed by atoms with E-state index in [-0.39, 0.29) is 54.0 Å². The van der Waals surface area contributed by atoms with Crippen molar-refractivity contribution in [3.8, 4) is 45.0 Å². The molecule has 3 atom stereocenters. The highest BCUT2D eigenvalue weighted by atomic mass is 16.2. The van der Waals surface area contributed by atoms with Gasteiger partial charge in [0.05, 0.1) is 81.0 Å². The molecular weight excluding hydrogens is 1790 g/mol. The molecule has 0 aromatic carbocycles. The number of pyridine rings is 12. The van der Waals surface area contributed by atoms with E-state index in [4.69, 9.17) is 43.1 Å². The molecule has 39 heteroatoms. The maximum atomic E-state index is 13.0. The molecule has 3 unspecified atom stereocenters. The Hall–Kier alpha value is -16.9. The van der Waals surface area contributed by atoms with Gasteiger partial charge in [0.25, 0.3) is 0 Å². The van der Waals surface area contributed by atoms with Crippen LogP contribution in [0.1, 0.15) is 125 Å². The van der Waals surface area contributed by atoms with Crippen LogP contribution in [0, 0.1) is 39.5 Å². The van der Waals surface area contributed by atoms with E-state index in [1.807, 2.05) is 126 Å². The van der Waals surface area contributed by atoms with E-state index in [0.29, 0.717) is 71.3 Å². The number of carbonyl (C=O) groups excluding carboxylic acids is 3. The van der Waals surface area contributed by atoms with Gasteiger partial charge in [0.2, 0.25) is 17.7 Å². The van der Waals surface area contributed by atoms with Crippen molar-refractivity contribution in [2.45, 2.75) is 149 Å². The van der Waals surface area contributed by atoms with Gasteiger partial charge in [-0.3, -0.25) is 53.0 Å². The van der Waals surface area contributed by atoms with Crippen molar-refractivity contribution >= 4 is 148 Å². The lowest BCUT2D eigenvalue weighted by Crippen LogP contribution is -2.32. The summed E-state index contributed by atoms with van der Waals surface area (Å²) in [5.74, 6) is 7.73. The van der Waals surface area contributed by atoms with Crippen LogP contribution in [-0.2, 0) is 91.6 Å². The van der Waals surface area contributed by atoms with E-state index >= 15 is 0 Å². The van der Waals surface area contributed by atoms with Gasteiger partial charge >= 0.3 is 0 Å². The van der Waals surface area contributed by atoms with Crippen LogP contribution < -0.4 is 70.8 Å². The minimum Gasteiger partial charge on any atom is -0.383 e. The molecule has 142 heavy (non-hydrogen) atoms. The average molecular weight is 1900 g/mol. The van der Waals surface area contributed by atoms with E-state index in [9.17, 15) is 14.4 Å². The number of likely N-dealkylation sites (N-methyl/N-ethyl adjacent to an activating group) is 1. The van der Waals surface area contributed by atoms with Gasteiger partial charge in [-0.1, -0.05) is 6.92 Å². The van der Waals surface area contributed by atoms with Crippen molar-refractivity contribution < 1.29 is 14.4 Å². The zero-order valence-corrected chi connectivity index (χ0v) is 79.9. The number of aromatic nitrogens is 22. The predicted octanol–water partition coefficient (Wildman–Crippen LogP) is 13.3. The molecular formula is C103H108N36O3. The Morgan fingerprint density at radius 1 is 0.437 bits per heavy atom. The highest BCUT2D eigenvalue weighted by molar-refractivity contribution is 6.01. The lowest BCUT2D eigenvalue weighted by atomic mass is 9.99. The number of anilines is 15. The van der Waals surface area contributed by atoms with E-state index in [2.05, 4.69) is 170 Å². The van der Waals surface area contributed by atoms with E-state index in [1.165, 1.54) is 5.69 Å². The molecule has 26 rings (SSSR count). The SMILES string of the molecule is Cc1c(-c2cc3cc(NC(=O)C4C(C)C4c4cnn(C)c4)ncc3c(N)n2)cnc2c1NCCC2.Cc1c(-c2cc3cc(Nc4cc5n(n4)CC(=O)N(C)CC54CC4)ncc3c(N)n2)cnc2c1NCCC2.Cc1c(-c2cc3cc(Nc4cc5n(n4)CC(=O)NCC5)ncc3c(N)n2)cnc2c1NCCC2.Cc1c(-c2cc3cc(Nc4cc5n(n4)Cc4nccn4CC5)ncc3c(N)n2)cnc2c1NCCC2. The summed E-state index contributed by atoms with van der Waals surface area (Å²) in [6.45, 7) is 17.7. The van der Waals surface area contributed by atoms with Gasteiger partial charge in [0.1, 0.15) is 65.5 Å². The quantitative estimate of drug-likeness (QED) is 0.0510. The van der Waals surface area contributed by atoms with Crippen molar-refractivity contribution in [2.75, 3.05) is 112 Å². The summed E-state index contributed by atoms with van der Waals surface area (Å²) >= 11 is 0. The molecule has 0 radical (unpaired) electrons. The topological polar surface area (TPSA) is 511 Å². The summed E-state index contributed by atoms with van der Waals surface area (Å²) < 4.78 is 9.54. The summed E-state index contributed by atoms with van der Waals surface area (Å²) in [7, 11) is 3.76. The van der Waals surface area contributed by atoms with Crippen LogP contribution in [0.15, 0.2) is 141 Å². The summed E-state index contributed by atoms with van der Waals surface area (Å²) in [5.41, 5.74) is 50.2. The average Bonchev–Trinajstić information content (AvgIpc) is 1.56. The number of rotatable bonds is 13. The molecule has 0 bridgehead atoms. The third-order valence-electron chi connectivity index (χ3n) is 29.0. The maximum absolute atomic E-state index is 13.0. The lowest BCUT2D eigenvalue weighted by Gasteiger charge is -2.21. The van der Waals surface area contributed by atoms with Crippen molar-refractivity contribution in [1.82, 2.24) is 119 Å². The smallest absolute Gasteiger partial charge is 0.244 e. The Kier molecular flexibility index (Phi) is 22.7. The molecule has 39 nitrogen and oxygen atoms in total. The first kappa shape index (κ1) is 89.0. The Bertz CT molecular complexity index is 7980. The number of carbonyl (C=O) groups is 3. The molecule has 2 saturated carbocycles. The predicted molar refractivity (Wildman–Crippen MR) is 549 cm³/mol. The Balaban J connectivity index is 0.000000105. The molecule has 2 fully saturated rings. The van der Waals surface area contributed by atoms with Crippen molar-refractivity contribution in [1.29, 1.82) is 0 Å². The molecule has 17 aromatic heterocycles. The molecule has 2 aliphatic carbocycles. The third kappa shape index (κ3) is 17.2. The highest BCUT2D eigenvalue weighted by Gasteiger charge is 2.53. The van der Waals surface area contributed by atoms with Gasteiger partial charge in [-0.2, -0.15) is 20.4 Å². The van der Waals surface area contributed by atoms with Crippen LogP contribution in [-0.4, -0.2) is 177 Å². The summed E-state index contributed by atoms with van der Waals surface area (Å²) in [6.07, 6.45) is 34.3. The first-order valence-corrected chi connectivity index (χ1v) is 48.5. The first-order chi connectivity index (χ1) is 69.0. The first-order valence-electron chi connectivity index (χ1n) is 48.5. The van der Waals surface area contributed by atoms with Crippen LogP contribution in [0.4, 0.5) is 86.7 Å². The van der Waals surface area contributed by atoms with Crippen LogP contribution >= 0.6 is 0 Å². The Labute approximate surface area is 815 Å². The fourth-order valence-corrected chi connectivity index (χ4v) is 21.1. The second-order valence-corrected chi connectivity index (χ2v) is 38.4. The van der Waals surface area contributed by atoms with Gasteiger partial charge in [-0.25, -0.2) is 44.9 Å². The van der Waals surface area contributed by atoms with Gasteiger partial charge < -0.3 is 80.3 Å². The van der Waals surface area contributed by atoms with Gasteiger partial charge in [0.15, 0.2) is 17.5 Å². The van der Waals surface area contributed by atoms with Gasteiger partial charge in [-0.05, 0) is 196 Å². The van der Waals surface area contributed by atoms with Gasteiger partial charge in [0, 0.05) is 237 Å². The van der Waals surface area contributed by atoms with Gasteiger partial charge in [-0.15, -0.1) is 0 Å². The van der Waals surface area contributed by atoms with Crippen molar-refractivity contribution in [3.63, 3.8) is 0 Å². The second-order valence-electron chi connectivity index (χ2n) is 38.4. The number of hydrogen-bond acceptors (Lipinski definition) is 31. The maximum Gasteiger partial charge on any atom is 0.244 e. The molecule has 1 spiro atoms. The molecule has 17 aromatic rings. The number of nitrogen functional groups attached to an aromatic ring is 4. The number of nitrogens with one attached hydrogen (secondary N) is 9. The minimum absolute atomic E-state index is 0.0231. The summed E-state index contributed by atoms with van der Waals surface area (Å²) in [5, 5.41) is 54.9. The third-order valence-corrected chi connectivity index (χ3v) is 29.0. The molecule has 7 aliphatic heterocycles. The van der Waals surface area contributed by atoms with Crippen LogP contribution in [0.25, 0.3) is 88.1 Å². The zero-order valence-electron chi connectivity index (χ0n) is 79.9. The Morgan fingerprint density at radius 2 is 0.852 bits per heavy atom. The molecule has 17 N–H and O–H groups in total. The number of nitrogens with two attached hydrogens (primary N) is 4. The number of nitrogens with zero attached hydrogens (tertiary/aromatic N) is 23. The normalized spacial score (nSPS) is 17.1. The number of hydrogen-bond donors (Lipinski definition) is 13. The number of imidazole rings is 1. The Morgan fingerprint density at radius 3 is 1.29 bits per heavy atom. The standard InChI is InChI=1S/C27H29N9O.C26H26N10.C26H28N8O.C24H25N9O/c1-15-17(11-30-19-4-3-7-29-25(15)19)20-8-16-9-22(31-12-18(16)26(28)32-20)33-23-10-21-27(5-6-27)14-35(2)24(37)13-36(21)34-23;1-15-18(12-30-20-3-2-5-29-25(15)20)21-9-16-10-22(31-13-19(16)26(27)32-21)33-23-11-17-4-7-35-8-6-28-24(35)14-36(17)34-23;1-13-17(10-29-19-5-4-6-28-24(13)19)20-7-15-8-21(30-11-18(15)25(27)32-20)33-26(35)23-14(2)22(23)16-9-31-34(3)12-16;1-13-16(10-28-18-3-2-5-27-23(13)18)19-7-14-8-20(29-11-17(14)24(25)30-19)31-21-9-15-4-6-26-22(34)12-33(15)32-21/h8-12,29H,3-7,13-14H2,1-2H3,(H2,28,32)(H,31,33,34);6,8-13,29H,2-5,7,14H2,1H3,(H2,27,32)(H,31,33,34);7-12,14,22-23,28H,4-6H2,1-3H3,(H2,27,32)(H,30,33,35);7-11,27H,2-6,12H2,1H3,(H2,25,30)(H,26,34)(H,29,31,32). The monoisotopic (exact) mass is 1900 g/mol. The van der Waals surface area contributed by atoms with Crippen LogP contribution in [0.5, 0.6) is 0 Å². The van der Waals surface area contributed by atoms with E-state index < -0.39 is 0 Å². The number of amides is 3. The van der Waals surface area contributed by atoms with E-state index in [0.717, 1.165) is 301 Å². The fraction of sp³-hybridized carbons (Fsp3) is 0.320. The summed E-state index contributed by atoms with van der Waals surface area (Å²) in [4.78, 5) is 99.1. The molecule has 0 saturated heterocycles. The van der Waals surface area contributed by atoms with Crippen LogP contribution in [0.2, 0.25) is 0 Å². The van der Waals surface area contributed by atoms with Crippen molar-refractivity contribution in [3.05, 3.63) is 215 Å². The number of aryl methyl sites for hydroxylation is 7. The zero-order chi connectivity index (χ0) is 97.0. The minimum atomic E-state index is -0.0912. The molecule has 718 valence electrons. The summed E-state index contributed by atoms with van der Waals surface area (Å²) in [6, 6.07) is 22.0. The highest BCUT2D eigenvalue weighted by Crippen LogP contribution is 2.55. The van der Waals surface area contributed by atoms with Crippen LogP contribution in [0.3, 0.4) is 0 Å². The van der Waals surface area contributed by atoms with E-state index in [1.54, 1.807) is 34.2 Å². The molecule has 9 aliphatic rings. The number of fused-ring (bicyclic) bond motifs is 13. The van der Waals surface area contributed by atoms with Crippen molar-refractivity contribution in [2.24, 2.45) is 18.9 Å². The largest absolute Gasteiger partial charge is 0.383 e. The second kappa shape index (κ2) is 36.1. The molecule has 3 amide bonds. The molecule has 24 heterocycles.